The van der Waals surface area contributed by atoms with Crippen molar-refractivity contribution in [1.29, 1.82) is 0 Å². The van der Waals surface area contributed by atoms with Gasteiger partial charge in [0.15, 0.2) is 0 Å². The van der Waals surface area contributed by atoms with Crippen molar-refractivity contribution in [3.63, 3.8) is 0 Å². The normalized spacial score (nSPS) is 21.6. The van der Waals surface area contributed by atoms with Crippen LogP contribution in [-0.2, 0) is 9.59 Å². The molecule has 3 atom stereocenters. The van der Waals surface area contributed by atoms with Crippen LogP contribution in [0.4, 0.5) is 0 Å². The fraction of sp³-hybridized carbons (Fsp3) is 0.500. The monoisotopic (exact) mass is 290 g/mol. The Hall–Kier alpha value is -1.88. The zero-order valence-corrected chi connectivity index (χ0v) is 12.2. The molecule has 1 heterocycles. The van der Waals surface area contributed by atoms with Gasteiger partial charge < -0.3 is 15.7 Å². The van der Waals surface area contributed by atoms with Crippen LogP contribution < -0.4 is 5.73 Å². The molecule has 1 amide bonds. The number of hydrogen-bond acceptors (Lipinski definition) is 3. The molecule has 2 unspecified atom stereocenters. The predicted molar refractivity (Wildman–Crippen MR) is 79.5 cm³/mol. The second-order valence-electron chi connectivity index (χ2n) is 5.61. The van der Waals surface area contributed by atoms with E-state index < -0.39 is 24.0 Å². The molecule has 0 aliphatic carbocycles. The lowest BCUT2D eigenvalue weighted by Crippen LogP contribution is -2.51. The summed E-state index contributed by atoms with van der Waals surface area (Å²) in [6.45, 7) is 2.27. The van der Waals surface area contributed by atoms with E-state index in [2.05, 4.69) is 0 Å². The third-order valence-electron chi connectivity index (χ3n) is 4.18. The summed E-state index contributed by atoms with van der Waals surface area (Å²) in [6.07, 6.45) is 2.22. The maximum absolute atomic E-state index is 12.6. The summed E-state index contributed by atoms with van der Waals surface area (Å²) in [4.78, 5) is 25.4. The Morgan fingerprint density at radius 1 is 1.29 bits per heavy atom. The Balaban J connectivity index is 2.12. The summed E-state index contributed by atoms with van der Waals surface area (Å²) in [5, 5.41) is 9.27. The molecule has 1 fully saturated rings. The van der Waals surface area contributed by atoms with Gasteiger partial charge in [-0.15, -0.1) is 0 Å². The summed E-state index contributed by atoms with van der Waals surface area (Å²) < 4.78 is 0. The molecule has 5 heteroatoms. The van der Waals surface area contributed by atoms with Gasteiger partial charge in [-0.3, -0.25) is 4.79 Å². The van der Waals surface area contributed by atoms with E-state index in [1.54, 1.807) is 6.92 Å². The van der Waals surface area contributed by atoms with Gasteiger partial charge in [0.05, 0.1) is 5.92 Å². The van der Waals surface area contributed by atoms with E-state index >= 15 is 0 Å². The topological polar surface area (TPSA) is 83.6 Å². The lowest BCUT2D eigenvalue weighted by molar-refractivity contribution is -0.154. The van der Waals surface area contributed by atoms with Gasteiger partial charge >= 0.3 is 5.97 Å². The van der Waals surface area contributed by atoms with Gasteiger partial charge in [0.1, 0.15) is 6.04 Å². The molecule has 2 rings (SSSR count). The first-order valence-corrected chi connectivity index (χ1v) is 7.36. The summed E-state index contributed by atoms with van der Waals surface area (Å²) in [5.74, 6) is -1.53. The highest BCUT2D eigenvalue weighted by molar-refractivity contribution is 5.85. The van der Waals surface area contributed by atoms with Crippen molar-refractivity contribution < 1.29 is 14.7 Å². The third-order valence-corrected chi connectivity index (χ3v) is 4.18. The van der Waals surface area contributed by atoms with Gasteiger partial charge in [-0.1, -0.05) is 37.3 Å². The van der Waals surface area contributed by atoms with Gasteiger partial charge in [0.2, 0.25) is 5.91 Å². The van der Waals surface area contributed by atoms with Crippen molar-refractivity contribution in [3.05, 3.63) is 35.9 Å². The second kappa shape index (κ2) is 6.72. The molecule has 5 nitrogen and oxygen atoms in total. The Labute approximate surface area is 124 Å². The Bertz CT molecular complexity index is 504. The average molecular weight is 290 g/mol. The highest BCUT2D eigenvalue weighted by atomic mass is 16.4. The zero-order chi connectivity index (χ0) is 15.4. The molecule has 3 N–H and O–H groups in total. The van der Waals surface area contributed by atoms with Gasteiger partial charge in [0.25, 0.3) is 0 Å². The molecule has 1 aliphatic heterocycles. The van der Waals surface area contributed by atoms with Crippen LogP contribution in [0.25, 0.3) is 0 Å². The van der Waals surface area contributed by atoms with Crippen molar-refractivity contribution in [1.82, 2.24) is 4.90 Å². The lowest BCUT2D eigenvalue weighted by Gasteiger charge is -2.36. The van der Waals surface area contributed by atoms with Crippen LogP contribution >= 0.6 is 0 Å². The summed E-state index contributed by atoms with van der Waals surface area (Å²) in [7, 11) is 0. The van der Waals surface area contributed by atoms with Crippen LogP contribution in [0.2, 0.25) is 0 Å². The molecule has 1 saturated heterocycles. The molecule has 1 aromatic carbocycles. The van der Waals surface area contributed by atoms with Crippen LogP contribution in [0.5, 0.6) is 0 Å². The van der Waals surface area contributed by atoms with E-state index in [-0.39, 0.29) is 5.91 Å². The van der Waals surface area contributed by atoms with Crippen molar-refractivity contribution in [2.75, 3.05) is 6.54 Å². The maximum Gasteiger partial charge on any atom is 0.326 e. The first-order valence-electron chi connectivity index (χ1n) is 7.36. The number of nitrogens with zero attached hydrogens (tertiary/aromatic N) is 1. The Kier molecular flexibility index (Phi) is 4.96. The number of hydrogen-bond donors (Lipinski definition) is 2. The molecule has 0 saturated carbocycles. The summed E-state index contributed by atoms with van der Waals surface area (Å²) >= 11 is 0. The number of carbonyl (C=O) groups is 2. The molecule has 0 aromatic heterocycles. The highest BCUT2D eigenvalue weighted by Crippen LogP contribution is 2.25. The quantitative estimate of drug-likeness (QED) is 0.885. The number of amides is 1. The standard InChI is InChI=1S/C16H22N2O3/c1-11(14(17)12-7-3-2-4-8-12)15(19)18-10-6-5-9-13(18)16(20)21/h2-4,7-8,11,13-14H,5-6,9-10,17H2,1H3,(H,20,21)/t11?,13-,14?/m1/s1. The molecule has 114 valence electrons. The number of piperidine rings is 1. The van der Waals surface area contributed by atoms with Crippen molar-refractivity contribution in [3.8, 4) is 0 Å². The number of carboxylic acid groups (broad SMARTS) is 1. The van der Waals surface area contributed by atoms with Crippen LogP contribution in [-0.4, -0.2) is 34.5 Å². The van der Waals surface area contributed by atoms with E-state index in [1.165, 1.54) is 4.90 Å². The van der Waals surface area contributed by atoms with Gasteiger partial charge in [-0.25, -0.2) is 4.79 Å². The number of nitrogens with two attached hydrogens (primary N) is 1. The SMILES string of the molecule is CC(C(=O)N1CCCC[C@@H]1C(=O)O)C(N)c1ccccc1. The number of benzene rings is 1. The van der Waals surface area contributed by atoms with Crippen molar-refractivity contribution in [2.45, 2.75) is 38.3 Å². The average Bonchev–Trinajstić information content (AvgIpc) is 2.53. The zero-order valence-electron chi connectivity index (χ0n) is 12.2. The van der Waals surface area contributed by atoms with Gasteiger partial charge in [0, 0.05) is 12.6 Å². The molecule has 0 bridgehead atoms. The molecule has 0 radical (unpaired) electrons. The molecule has 1 aromatic rings. The van der Waals surface area contributed by atoms with Crippen LogP contribution in [0, 0.1) is 5.92 Å². The number of likely N-dealkylation sites (tertiary alicyclic amines) is 1. The molecular weight excluding hydrogens is 268 g/mol. The predicted octanol–water partition coefficient (Wildman–Crippen LogP) is 1.79. The van der Waals surface area contributed by atoms with E-state index in [0.29, 0.717) is 13.0 Å². The smallest absolute Gasteiger partial charge is 0.326 e. The maximum atomic E-state index is 12.6. The summed E-state index contributed by atoms with van der Waals surface area (Å²) in [5.41, 5.74) is 7.06. The lowest BCUT2D eigenvalue weighted by atomic mass is 9.92. The van der Waals surface area contributed by atoms with E-state index in [0.717, 1.165) is 18.4 Å². The van der Waals surface area contributed by atoms with E-state index in [9.17, 15) is 14.7 Å². The minimum atomic E-state index is -0.927. The van der Waals surface area contributed by atoms with Crippen LogP contribution in [0.15, 0.2) is 30.3 Å². The number of carboxylic acids is 1. The van der Waals surface area contributed by atoms with Crippen LogP contribution in [0.1, 0.15) is 37.8 Å². The fourth-order valence-corrected chi connectivity index (χ4v) is 2.83. The minimum absolute atomic E-state index is 0.168. The third kappa shape index (κ3) is 3.42. The van der Waals surface area contributed by atoms with Crippen molar-refractivity contribution in [2.24, 2.45) is 11.7 Å². The highest BCUT2D eigenvalue weighted by Gasteiger charge is 2.35. The Morgan fingerprint density at radius 3 is 2.57 bits per heavy atom. The first-order chi connectivity index (χ1) is 10.0. The molecule has 0 spiro atoms. The Morgan fingerprint density at radius 2 is 1.95 bits per heavy atom. The largest absolute Gasteiger partial charge is 0.480 e. The van der Waals surface area contributed by atoms with E-state index in [4.69, 9.17) is 5.73 Å². The molecule has 21 heavy (non-hydrogen) atoms. The van der Waals surface area contributed by atoms with Gasteiger partial charge in [-0.2, -0.15) is 0 Å². The number of aliphatic carboxylic acids is 1. The first kappa shape index (κ1) is 15.5. The molecular formula is C16H22N2O3. The summed E-state index contributed by atoms with van der Waals surface area (Å²) in [6, 6.07) is 8.30. The minimum Gasteiger partial charge on any atom is -0.480 e. The number of rotatable bonds is 4. The van der Waals surface area contributed by atoms with Crippen molar-refractivity contribution >= 4 is 11.9 Å². The van der Waals surface area contributed by atoms with Crippen LogP contribution in [0.3, 0.4) is 0 Å². The fourth-order valence-electron chi connectivity index (χ4n) is 2.83. The number of carbonyl (C=O) groups excluding carboxylic acids is 1. The van der Waals surface area contributed by atoms with E-state index in [1.807, 2.05) is 30.3 Å². The molecule has 1 aliphatic rings. The van der Waals surface area contributed by atoms with Gasteiger partial charge in [-0.05, 0) is 24.8 Å². The second-order valence-corrected chi connectivity index (χ2v) is 5.61.